The molecule has 2 nitrogen and oxygen atoms in total. The van der Waals surface area contributed by atoms with Crippen molar-refractivity contribution in [2.45, 2.75) is 38.7 Å². The Kier molecular flexibility index (Phi) is 3.27. The summed E-state index contributed by atoms with van der Waals surface area (Å²) in [4.78, 5) is 1.70. The maximum atomic E-state index is 6.25. The first-order valence-electron chi connectivity index (χ1n) is 7.33. The highest BCUT2D eigenvalue weighted by atomic mass is 16.5. The number of quaternary nitrogens is 1. The van der Waals surface area contributed by atoms with E-state index in [1.807, 2.05) is 0 Å². The van der Waals surface area contributed by atoms with Crippen molar-refractivity contribution in [1.82, 2.24) is 0 Å². The molecule has 2 heterocycles. The van der Waals surface area contributed by atoms with Gasteiger partial charge in [-0.15, -0.1) is 0 Å². The minimum Gasteiger partial charge on any atom is -0.377 e. The minimum atomic E-state index is 0.526. The molecule has 96 valence electrons. The number of likely N-dealkylation sites (tertiary alicyclic amines) is 1. The van der Waals surface area contributed by atoms with E-state index in [1.54, 1.807) is 10.5 Å². The van der Waals surface area contributed by atoms with E-state index in [-0.39, 0.29) is 0 Å². The van der Waals surface area contributed by atoms with Crippen molar-refractivity contribution in [2.24, 2.45) is 17.8 Å². The summed E-state index contributed by atoms with van der Waals surface area (Å²) in [5, 5.41) is 0. The number of fused-ring (bicyclic) bond motifs is 2. The molecule has 2 fully saturated rings. The third-order valence-corrected chi connectivity index (χ3v) is 5.12. The Balaban J connectivity index is 1.73. The van der Waals surface area contributed by atoms with E-state index in [1.165, 1.54) is 38.8 Å². The Hall–Kier alpha value is -0.340. The van der Waals surface area contributed by atoms with E-state index in [2.05, 4.69) is 20.0 Å². The Morgan fingerprint density at radius 3 is 3.12 bits per heavy atom. The number of rotatable bonds is 1. The van der Waals surface area contributed by atoms with Crippen molar-refractivity contribution in [1.29, 1.82) is 0 Å². The number of piperidine rings is 1. The highest BCUT2D eigenvalue weighted by Gasteiger charge is 2.40. The summed E-state index contributed by atoms with van der Waals surface area (Å²) in [6.45, 7) is 6.01. The fraction of sp³-hybridized carbons (Fsp3) is 0.867. The highest BCUT2D eigenvalue weighted by Crippen LogP contribution is 2.40. The highest BCUT2D eigenvalue weighted by molar-refractivity contribution is 5.13. The van der Waals surface area contributed by atoms with E-state index >= 15 is 0 Å². The lowest BCUT2D eigenvalue weighted by molar-refractivity contribution is -0.889. The molecule has 3 rings (SSSR count). The van der Waals surface area contributed by atoms with Gasteiger partial charge in [0.1, 0.15) is 0 Å². The van der Waals surface area contributed by atoms with Gasteiger partial charge in [-0.05, 0) is 38.5 Å². The second-order valence-electron chi connectivity index (χ2n) is 6.50. The zero-order chi connectivity index (χ0) is 11.8. The standard InChI is InChI=1S/C15H25NO/c1-11-5-6-12-8-14(11)15(17-10-12)13-4-3-7-16(2)9-13/h5,12-15H,3-4,6-10H2,1-2H3/p+1. The van der Waals surface area contributed by atoms with Crippen molar-refractivity contribution in [3.8, 4) is 0 Å². The second-order valence-corrected chi connectivity index (χ2v) is 6.50. The zero-order valence-electron chi connectivity index (χ0n) is 11.2. The maximum Gasteiger partial charge on any atom is 0.0822 e. The van der Waals surface area contributed by atoms with Gasteiger partial charge in [0.15, 0.2) is 0 Å². The molecule has 0 aromatic carbocycles. The average Bonchev–Trinajstić information content (AvgIpc) is 2.34. The molecule has 3 aliphatic rings. The first-order valence-corrected chi connectivity index (χ1v) is 7.33. The summed E-state index contributed by atoms with van der Waals surface area (Å²) in [5.74, 6) is 2.35. The van der Waals surface area contributed by atoms with Crippen LogP contribution in [-0.2, 0) is 4.74 Å². The molecule has 0 amide bonds. The van der Waals surface area contributed by atoms with Crippen LogP contribution in [0, 0.1) is 17.8 Å². The van der Waals surface area contributed by atoms with Crippen LogP contribution in [0.25, 0.3) is 0 Å². The van der Waals surface area contributed by atoms with Gasteiger partial charge in [-0.3, -0.25) is 0 Å². The van der Waals surface area contributed by atoms with Gasteiger partial charge < -0.3 is 9.64 Å². The van der Waals surface area contributed by atoms with Gasteiger partial charge in [0.25, 0.3) is 0 Å². The molecule has 1 aliphatic carbocycles. The molecule has 1 N–H and O–H groups in total. The topological polar surface area (TPSA) is 13.7 Å². The molecule has 0 spiro atoms. The van der Waals surface area contributed by atoms with Gasteiger partial charge in [-0.2, -0.15) is 0 Å². The average molecular weight is 236 g/mol. The summed E-state index contributed by atoms with van der Waals surface area (Å²) in [6.07, 6.45) is 8.42. The number of nitrogens with one attached hydrogen (secondary N) is 1. The molecule has 2 bridgehead atoms. The smallest absolute Gasteiger partial charge is 0.0822 e. The van der Waals surface area contributed by atoms with Crippen LogP contribution in [0.15, 0.2) is 11.6 Å². The Bertz CT molecular complexity index is 312. The van der Waals surface area contributed by atoms with E-state index in [9.17, 15) is 0 Å². The van der Waals surface area contributed by atoms with Crippen LogP contribution in [0.1, 0.15) is 32.6 Å². The van der Waals surface area contributed by atoms with Crippen LogP contribution in [0.5, 0.6) is 0 Å². The van der Waals surface area contributed by atoms with Gasteiger partial charge in [-0.1, -0.05) is 11.6 Å². The normalized spacial score (nSPS) is 46.5. The summed E-state index contributed by atoms with van der Waals surface area (Å²) in [6, 6.07) is 0. The zero-order valence-corrected chi connectivity index (χ0v) is 11.2. The fourth-order valence-electron chi connectivity index (χ4n) is 4.10. The molecular weight excluding hydrogens is 210 g/mol. The second kappa shape index (κ2) is 4.74. The first kappa shape index (κ1) is 11.7. The predicted octanol–water partition coefficient (Wildman–Crippen LogP) is 1.28. The van der Waals surface area contributed by atoms with Crippen LogP contribution >= 0.6 is 0 Å². The lowest BCUT2D eigenvalue weighted by Gasteiger charge is -2.44. The maximum absolute atomic E-state index is 6.25. The molecule has 0 aromatic rings. The molecule has 0 radical (unpaired) electrons. The minimum absolute atomic E-state index is 0.526. The number of allylic oxidation sites excluding steroid dienone is 1. The molecule has 17 heavy (non-hydrogen) atoms. The predicted molar refractivity (Wildman–Crippen MR) is 69.1 cm³/mol. The van der Waals surface area contributed by atoms with Crippen LogP contribution in [0.3, 0.4) is 0 Å². The van der Waals surface area contributed by atoms with E-state index < -0.39 is 0 Å². The van der Waals surface area contributed by atoms with Crippen molar-refractivity contribution < 1.29 is 9.64 Å². The van der Waals surface area contributed by atoms with Crippen molar-refractivity contribution in [2.75, 3.05) is 26.7 Å². The molecule has 2 aliphatic heterocycles. The van der Waals surface area contributed by atoms with E-state index in [0.717, 1.165) is 24.4 Å². The van der Waals surface area contributed by atoms with Crippen LogP contribution in [0.4, 0.5) is 0 Å². The monoisotopic (exact) mass is 236 g/mol. The van der Waals surface area contributed by atoms with Gasteiger partial charge >= 0.3 is 0 Å². The SMILES string of the molecule is CC1=CCC2COC(C3CCC[NH+](C)C3)C1C2. The van der Waals surface area contributed by atoms with Crippen LogP contribution < -0.4 is 4.90 Å². The van der Waals surface area contributed by atoms with E-state index in [4.69, 9.17) is 4.74 Å². The summed E-state index contributed by atoms with van der Waals surface area (Å²) in [7, 11) is 2.33. The fourth-order valence-corrected chi connectivity index (χ4v) is 4.10. The van der Waals surface area contributed by atoms with Crippen LogP contribution in [0.2, 0.25) is 0 Å². The molecule has 0 saturated carbocycles. The Morgan fingerprint density at radius 1 is 1.41 bits per heavy atom. The van der Waals surface area contributed by atoms with Gasteiger partial charge in [0.2, 0.25) is 0 Å². The van der Waals surface area contributed by atoms with Crippen molar-refractivity contribution >= 4 is 0 Å². The summed E-state index contributed by atoms with van der Waals surface area (Å²) in [5.41, 5.74) is 1.61. The molecule has 5 unspecified atom stereocenters. The molecule has 0 aromatic heterocycles. The van der Waals surface area contributed by atoms with Crippen molar-refractivity contribution in [3.05, 3.63) is 11.6 Å². The van der Waals surface area contributed by atoms with Gasteiger partial charge in [0, 0.05) is 11.8 Å². The number of ether oxygens (including phenoxy) is 1. The Morgan fingerprint density at radius 2 is 2.29 bits per heavy atom. The third-order valence-electron chi connectivity index (χ3n) is 5.12. The lowest BCUT2D eigenvalue weighted by Crippen LogP contribution is -3.11. The Labute approximate surface area is 105 Å². The van der Waals surface area contributed by atoms with E-state index in [0.29, 0.717) is 6.10 Å². The van der Waals surface area contributed by atoms with Crippen molar-refractivity contribution in [3.63, 3.8) is 0 Å². The summed E-state index contributed by atoms with van der Waals surface area (Å²) < 4.78 is 6.25. The quantitative estimate of drug-likeness (QED) is 0.677. The lowest BCUT2D eigenvalue weighted by atomic mass is 9.72. The van der Waals surface area contributed by atoms with Gasteiger partial charge in [-0.25, -0.2) is 0 Å². The molecular formula is C15H26NO+. The number of hydrogen-bond acceptors (Lipinski definition) is 1. The third kappa shape index (κ3) is 2.30. The first-order chi connectivity index (χ1) is 8.24. The largest absolute Gasteiger partial charge is 0.377 e. The molecule has 2 saturated heterocycles. The molecule has 2 heteroatoms. The van der Waals surface area contributed by atoms with Crippen LogP contribution in [-0.4, -0.2) is 32.8 Å². The van der Waals surface area contributed by atoms with Gasteiger partial charge in [0.05, 0.1) is 32.8 Å². The number of hydrogen-bond donors (Lipinski definition) is 1. The summed E-state index contributed by atoms with van der Waals surface area (Å²) >= 11 is 0. The molecule has 5 atom stereocenters.